The van der Waals surface area contributed by atoms with Crippen molar-refractivity contribution in [3.8, 4) is 5.75 Å². The third kappa shape index (κ3) is 4.45. The molecule has 1 amide bonds. The molecule has 0 saturated heterocycles. The molecule has 4 rings (SSSR count). The summed E-state index contributed by atoms with van der Waals surface area (Å²) >= 11 is 0. The molecule has 0 bridgehead atoms. The molecule has 1 unspecified atom stereocenters. The Morgan fingerprint density at radius 1 is 1.03 bits per heavy atom. The molecule has 158 valence electrons. The average molecular weight is 414 g/mol. The van der Waals surface area contributed by atoms with E-state index in [4.69, 9.17) is 9.84 Å². The quantitative estimate of drug-likeness (QED) is 0.582. The Labute approximate surface area is 183 Å². The third-order valence-corrected chi connectivity index (χ3v) is 5.62. The van der Waals surface area contributed by atoms with E-state index >= 15 is 0 Å². The molecule has 1 aliphatic heterocycles. The number of likely N-dealkylation sites (N-methyl/N-ethyl adjacent to an activating group) is 1. The van der Waals surface area contributed by atoms with Crippen LogP contribution < -0.4 is 9.64 Å². The smallest absolute Gasteiger partial charge is 0.262 e. The van der Waals surface area contributed by atoms with Crippen molar-refractivity contribution in [1.82, 2.24) is 5.01 Å². The molecule has 3 aromatic rings. The second-order valence-electron chi connectivity index (χ2n) is 7.80. The molecule has 3 aromatic carbocycles. The van der Waals surface area contributed by atoms with Crippen molar-refractivity contribution in [3.05, 3.63) is 95.6 Å². The van der Waals surface area contributed by atoms with E-state index in [1.807, 2.05) is 66.5 Å². The largest absolute Gasteiger partial charge is 0.496 e. The molecule has 0 saturated carbocycles. The van der Waals surface area contributed by atoms with Gasteiger partial charge in [-0.15, -0.1) is 0 Å². The van der Waals surface area contributed by atoms with Gasteiger partial charge >= 0.3 is 0 Å². The van der Waals surface area contributed by atoms with E-state index in [1.165, 1.54) is 5.56 Å². The van der Waals surface area contributed by atoms with Crippen LogP contribution in [0.1, 0.15) is 29.2 Å². The van der Waals surface area contributed by atoms with Crippen LogP contribution >= 0.6 is 0 Å². The molecule has 0 N–H and O–H groups in total. The summed E-state index contributed by atoms with van der Waals surface area (Å²) in [6.45, 7) is 2.30. The number of hydrogen-bond acceptors (Lipinski definition) is 4. The van der Waals surface area contributed by atoms with Crippen molar-refractivity contribution < 1.29 is 9.53 Å². The van der Waals surface area contributed by atoms with Gasteiger partial charge in [0.05, 0.1) is 25.4 Å². The first-order chi connectivity index (χ1) is 15.1. The number of para-hydroxylation sites is 2. The molecule has 0 spiro atoms. The summed E-state index contributed by atoms with van der Waals surface area (Å²) < 4.78 is 5.59. The van der Waals surface area contributed by atoms with Gasteiger partial charge in [-0.05, 0) is 30.7 Å². The fraction of sp³-hybridized carbons (Fsp3) is 0.231. The topological polar surface area (TPSA) is 45.1 Å². The number of hydrazone groups is 1. The molecule has 31 heavy (non-hydrogen) atoms. The van der Waals surface area contributed by atoms with Crippen LogP contribution in [0.5, 0.6) is 5.75 Å². The molecule has 1 heterocycles. The first-order valence-electron chi connectivity index (χ1n) is 10.4. The van der Waals surface area contributed by atoms with Gasteiger partial charge in [0.2, 0.25) is 0 Å². The summed E-state index contributed by atoms with van der Waals surface area (Å²) in [5.41, 5.74) is 5.10. The Balaban J connectivity index is 1.65. The minimum absolute atomic E-state index is 0.0515. The number of carbonyl (C=O) groups is 1. The standard InChI is InChI=1S/C26H27N3O2/c1-19-13-15-20(16-14-19)23-17-24(22-11-7-8-12-25(22)31-3)29(27-23)26(30)18-28(2)21-9-5-4-6-10-21/h4-16,24H,17-18H2,1-3H3. The third-order valence-electron chi connectivity index (χ3n) is 5.62. The Kier molecular flexibility index (Phi) is 6.03. The van der Waals surface area contributed by atoms with E-state index in [-0.39, 0.29) is 18.5 Å². The number of benzene rings is 3. The number of carbonyl (C=O) groups excluding carboxylic acids is 1. The van der Waals surface area contributed by atoms with Crippen molar-refractivity contribution >= 4 is 17.3 Å². The summed E-state index contributed by atoms with van der Waals surface area (Å²) in [6.07, 6.45) is 0.643. The zero-order valence-corrected chi connectivity index (χ0v) is 18.2. The normalized spacial score (nSPS) is 15.5. The van der Waals surface area contributed by atoms with Crippen molar-refractivity contribution in [3.63, 3.8) is 0 Å². The lowest BCUT2D eigenvalue weighted by atomic mass is 9.97. The number of amides is 1. The minimum Gasteiger partial charge on any atom is -0.496 e. The minimum atomic E-state index is -0.205. The van der Waals surface area contributed by atoms with Crippen LogP contribution in [0.4, 0.5) is 5.69 Å². The Hall–Kier alpha value is -3.60. The second kappa shape index (κ2) is 9.04. The van der Waals surface area contributed by atoms with Gasteiger partial charge in [0.15, 0.2) is 0 Å². The monoisotopic (exact) mass is 413 g/mol. The van der Waals surface area contributed by atoms with E-state index in [0.717, 1.165) is 28.3 Å². The van der Waals surface area contributed by atoms with Crippen LogP contribution in [0.15, 0.2) is 84.0 Å². The van der Waals surface area contributed by atoms with Gasteiger partial charge in [-0.2, -0.15) is 5.10 Å². The summed E-state index contributed by atoms with van der Waals surface area (Å²) in [7, 11) is 3.58. The molecular formula is C26H27N3O2. The van der Waals surface area contributed by atoms with E-state index in [1.54, 1.807) is 12.1 Å². The molecule has 1 atom stereocenters. The highest BCUT2D eigenvalue weighted by Gasteiger charge is 2.35. The van der Waals surface area contributed by atoms with Gasteiger partial charge in [-0.3, -0.25) is 4.79 Å². The Bertz CT molecular complexity index is 1080. The number of methoxy groups -OCH3 is 1. The van der Waals surface area contributed by atoms with E-state index in [2.05, 4.69) is 31.2 Å². The van der Waals surface area contributed by atoms with Crippen LogP contribution in [0, 0.1) is 6.92 Å². The maximum Gasteiger partial charge on any atom is 0.262 e. The second-order valence-corrected chi connectivity index (χ2v) is 7.80. The zero-order valence-electron chi connectivity index (χ0n) is 18.2. The van der Waals surface area contributed by atoms with Crippen molar-refractivity contribution in [2.75, 3.05) is 25.6 Å². The van der Waals surface area contributed by atoms with Gasteiger partial charge in [0.25, 0.3) is 5.91 Å². The van der Waals surface area contributed by atoms with Gasteiger partial charge in [-0.25, -0.2) is 5.01 Å². The van der Waals surface area contributed by atoms with Crippen molar-refractivity contribution in [2.45, 2.75) is 19.4 Å². The van der Waals surface area contributed by atoms with Crippen LogP contribution in [-0.4, -0.2) is 37.3 Å². The first kappa shape index (κ1) is 20.7. The molecule has 5 nitrogen and oxygen atoms in total. The molecule has 0 aliphatic carbocycles. The number of aryl methyl sites for hydroxylation is 1. The summed E-state index contributed by atoms with van der Waals surface area (Å²) in [6, 6.07) is 25.8. The van der Waals surface area contributed by atoms with E-state index < -0.39 is 0 Å². The van der Waals surface area contributed by atoms with E-state index in [9.17, 15) is 4.79 Å². The highest BCUT2D eigenvalue weighted by Crippen LogP contribution is 2.37. The Morgan fingerprint density at radius 2 is 1.71 bits per heavy atom. The summed E-state index contributed by atoms with van der Waals surface area (Å²) in [4.78, 5) is 15.3. The molecular weight excluding hydrogens is 386 g/mol. The van der Waals surface area contributed by atoms with Crippen LogP contribution in [0.25, 0.3) is 0 Å². The predicted molar refractivity (Wildman–Crippen MR) is 125 cm³/mol. The summed E-state index contributed by atoms with van der Waals surface area (Å²) in [5, 5.41) is 6.42. The van der Waals surface area contributed by atoms with Crippen molar-refractivity contribution in [2.24, 2.45) is 5.10 Å². The van der Waals surface area contributed by atoms with Gasteiger partial charge in [0.1, 0.15) is 5.75 Å². The maximum atomic E-state index is 13.4. The summed E-state index contributed by atoms with van der Waals surface area (Å²) in [5.74, 6) is 0.714. The number of rotatable bonds is 6. The lowest BCUT2D eigenvalue weighted by molar-refractivity contribution is -0.131. The molecule has 0 aromatic heterocycles. The number of hydrogen-bond donors (Lipinski definition) is 0. The lowest BCUT2D eigenvalue weighted by Crippen LogP contribution is -2.36. The predicted octanol–water partition coefficient (Wildman–Crippen LogP) is 4.82. The highest BCUT2D eigenvalue weighted by molar-refractivity contribution is 6.03. The fourth-order valence-corrected chi connectivity index (χ4v) is 3.89. The Morgan fingerprint density at radius 3 is 2.42 bits per heavy atom. The van der Waals surface area contributed by atoms with Gasteiger partial charge in [-0.1, -0.05) is 66.2 Å². The number of ether oxygens (including phenoxy) is 1. The highest BCUT2D eigenvalue weighted by atomic mass is 16.5. The van der Waals surface area contributed by atoms with Gasteiger partial charge in [0, 0.05) is 24.7 Å². The molecule has 5 heteroatoms. The zero-order chi connectivity index (χ0) is 21.8. The molecule has 1 aliphatic rings. The van der Waals surface area contributed by atoms with Crippen LogP contribution in [0.3, 0.4) is 0 Å². The van der Waals surface area contributed by atoms with Crippen LogP contribution in [0.2, 0.25) is 0 Å². The SMILES string of the molecule is COc1ccccc1C1CC(c2ccc(C)cc2)=NN1C(=O)CN(C)c1ccccc1. The fourth-order valence-electron chi connectivity index (χ4n) is 3.89. The number of anilines is 1. The maximum absolute atomic E-state index is 13.4. The lowest BCUT2D eigenvalue weighted by Gasteiger charge is -2.26. The first-order valence-corrected chi connectivity index (χ1v) is 10.4. The average Bonchev–Trinajstić information content (AvgIpc) is 3.25. The van der Waals surface area contributed by atoms with E-state index in [0.29, 0.717) is 6.42 Å². The molecule has 0 fully saturated rings. The number of nitrogens with zero attached hydrogens (tertiary/aromatic N) is 3. The van der Waals surface area contributed by atoms with Crippen LogP contribution in [-0.2, 0) is 4.79 Å². The van der Waals surface area contributed by atoms with Crippen molar-refractivity contribution in [1.29, 1.82) is 0 Å². The molecule has 0 radical (unpaired) electrons. The van der Waals surface area contributed by atoms with Gasteiger partial charge < -0.3 is 9.64 Å².